The summed E-state index contributed by atoms with van der Waals surface area (Å²) in [4.78, 5) is 22.9. The van der Waals surface area contributed by atoms with Crippen molar-refractivity contribution in [3.05, 3.63) is 33.8 Å². The van der Waals surface area contributed by atoms with Gasteiger partial charge in [0.1, 0.15) is 0 Å². The Balaban J connectivity index is 2.35. The third-order valence-corrected chi connectivity index (χ3v) is 3.13. The van der Waals surface area contributed by atoms with Crippen molar-refractivity contribution in [1.82, 2.24) is 10.6 Å². The van der Waals surface area contributed by atoms with Crippen LogP contribution >= 0.6 is 23.2 Å². The highest BCUT2D eigenvalue weighted by Crippen LogP contribution is 2.22. The molecule has 0 saturated carbocycles. The van der Waals surface area contributed by atoms with E-state index in [2.05, 4.69) is 10.6 Å². The van der Waals surface area contributed by atoms with E-state index < -0.39 is 0 Å². The summed E-state index contributed by atoms with van der Waals surface area (Å²) < 4.78 is 0. The second kappa shape index (κ2) is 8.02. The number of carbonyl (C=O) groups excluding carboxylic acids is 2. The predicted octanol–water partition coefficient (Wildman–Crippen LogP) is 2.64. The minimum atomic E-state index is -0.247. The highest BCUT2D eigenvalue weighted by molar-refractivity contribution is 6.42. The van der Waals surface area contributed by atoms with Gasteiger partial charge in [0.15, 0.2) is 0 Å². The lowest BCUT2D eigenvalue weighted by Crippen LogP contribution is -2.34. The highest BCUT2D eigenvalue weighted by Gasteiger charge is 2.07. The highest BCUT2D eigenvalue weighted by atomic mass is 35.5. The fourth-order valence-corrected chi connectivity index (χ4v) is 1.73. The third-order valence-electron chi connectivity index (χ3n) is 2.39. The van der Waals surface area contributed by atoms with Gasteiger partial charge in [0.2, 0.25) is 5.91 Å². The maximum Gasteiger partial charge on any atom is 0.251 e. The van der Waals surface area contributed by atoms with E-state index in [9.17, 15) is 9.59 Å². The van der Waals surface area contributed by atoms with Gasteiger partial charge in [-0.25, -0.2) is 0 Å². The van der Waals surface area contributed by atoms with Gasteiger partial charge in [-0.2, -0.15) is 0 Å². The van der Waals surface area contributed by atoms with E-state index in [0.29, 0.717) is 35.1 Å². The van der Waals surface area contributed by atoms with Crippen LogP contribution < -0.4 is 10.6 Å². The summed E-state index contributed by atoms with van der Waals surface area (Å²) in [5.74, 6) is -0.255. The van der Waals surface area contributed by atoms with Crippen LogP contribution in [0, 0.1) is 0 Å². The zero-order valence-corrected chi connectivity index (χ0v) is 12.1. The molecular formula is C13H16Cl2N2O2. The predicted molar refractivity (Wildman–Crippen MR) is 76.7 cm³/mol. The Hall–Kier alpha value is -1.26. The summed E-state index contributed by atoms with van der Waals surface area (Å²) in [6.45, 7) is 2.71. The van der Waals surface area contributed by atoms with Crippen molar-refractivity contribution < 1.29 is 9.59 Å². The lowest BCUT2D eigenvalue weighted by Gasteiger charge is -2.07. The van der Waals surface area contributed by atoms with E-state index in [4.69, 9.17) is 23.2 Å². The van der Waals surface area contributed by atoms with Crippen molar-refractivity contribution in [2.45, 2.75) is 19.8 Å². The molecule has 0 fully saturated rings. The third kappa shape index (κ3) is 5.49. The fourth-order valence-electron chi connectivity index (χ4n) is 1.43. The number of rotatable bonds is 6. The van der Waals surface area contributed by atoms with Crippen molar-refractivity contribution in [3.63, 3.8) is 0 Å². The topological polar surface area (TPSA) is 58.2 Å². The number of carbonyl (C=O) groups is 2. The molecule has 6 heteroatoms. The van der Waals surface area contributed by atoms with Gasteiger partial charge in [-0.3, -0.25) is 9.59 Å². The molecule has 0 unspecified atom stereocenters. The second-order valence-corrected chi connectivity index (χ2v) is 4.80. The first-order valence-corrected chi connectivity index (χ1v) is 6.80. The summed E-state index contributed by atoms with van der Waals surface area (Å²) in [7, 11) is 0. The minimum Gasteiger partial charge on any atom is -0.354 e. The number of hydrogen-bond donors (Lipinski definition) is 2. The van der Waals surface area contributed by atoms with Gasteiger partial charge in [-0.15, -0.1) is 0 Å². The van der Waals surface area contributed by atoms with E-state index in [0.717, 1.165) is 6.42 Å². The summed E-state index contributed by atoms with van der Waals surface area (Å²) in [6.07, 6.45) is 1.31. The zero-order chi connectivity index (χ0) is 14.3. The van der Waals surface area contributed by atoms with Gasteiger partial charge in [0.25, 0.3) is 5.91 Å². The maximum atomic E-state index is 11.8. The molecule has 104 valence electrons. The first kappa shape index (κ1) is 15.8. The molecule has 4 nitrogen and oxygen atoms in total. The Labute approximate surface area is 122 Å². The Kier molecular flexibility index (Phi) is 6.67. The molecule has 0 aliphatic carbocycles. The SMILES string of the molecule is CCCC(=O)NCCNC(=O)c1ccc(Cl)c(Cl)c1. The molecule has 19 heavy (non-hydrogen) atoms. The molecule has 2 amide bonds. The van der Waals surface area contributed by atoms with Crippen molar-refractivity contribution >= 4 is 35.0 Å². The molecule has 1 rings (SSSR count). The molecule has 1 aromatic carbocycles. The molecule has 0 radical (unpaired) electrons. The van der Waals surface area contributed by atoms with Crippen molar-refractivity contribution in [3.8, 4) is 0 Å². The molecule has 1 aromatic rings. The normalized spacial score (nSPS) is 10.1. The molecule has 0 aromatic heterocycles. The maximum absolute atomic E-state index is 11.8. The number of halogens is 2. The van der Waals surface area contributed by atoms with Crippen molar-refractivity contribution in [2.75, 3.05) is 13.1 Å². The van der Waals surface area contributed by atoms with E-state index in [-0.39, 0.29) is 11.8 Å². The molecule has 0 spiro atoms. The summed E-state index contributed by atoms with van der Waals surface area (Å²) in [5, 5.41) is 6.14. The summed E-state index contributed by atoms with van der Waals surface area (Å²) in [5.41, 5.74) is 0.439. The Bertz CT molecular complexity index is 464. The van der Waals surface area contributed by atoms with Crippen molar-refractivity contribution in [1.29, 1.82) is 0 Å². The summed E-state index contributed by atoms with van der Waals surface area (Å²) in [6, 6.07) is 4.68. The molecule has 2 N–H and O–H groups in total. The number of benzene rings is 1. The lowest BCUT2D eigenvalue weighted by molar-refractivity contribution is -0.121. The molecule has 0 saturated heterocycles. The largest absolute Gasteiger partial charge is 0.354 e. The minimum absolute atomic E-state index is 0.00807. The molecular weight excluding hydrogens is 287 g/mol. The Morgan fingerprint density at radius 3 is 2.42 bits per heavy atom. The molecule has 0 heterocycles. The van der Waals surface area contributed by atoms with Gasteiger partial charge in [0, 0.05) is 25.1 Å². The van der Waals surface area contributed by atoms with Crippen molar-refractivity contribution in [2.24, 2.45) is 0 Å². The van der Waals surface area contributed by atoms with Crippen LogP contribution in [0.5, 0.6) is 0 Å². The Morgan fingerprint density at radius 2 is 1.79 bits per heavy atom. The average molecular weight is 303 g/mol. The molecule has 0 aliphatic rings. The van der Waals surface area contributed by atoms with Crippen LogP contribution in [0.1, 0.15) is 30.1 Å². The number of amides is 2. The van der Waals surface area contributed by atoms with E-state index in [1.807, 2.05) is 6.92 Å². The number of nitrogens with one attached hydrogen (secondary N) is 2. The monoisotopic (exact) mass is 302 g/mol. The van der Waals surface area contributed by atoms with Crippen LogP contribution in [0.3, 0.4) is 0 Å². The molecule has 0 atom stereocenters. The Morgan fingerprint density at radius 1 is 1.11 bits per heavy atom. The number of hydrogen-bond acceptors (Lipinski definition) is 2. The second-order valence-electron chi connectivity index (χ2n) is 3.98. The van der Waals surface area contributed by atoms with Crippen LogP contribution in [0.2, 0.25) is 10.0 Å². The van der Waals surface area contributed by atoms with Gasteiger partial charge in [0.05, 0.1) is 10.0 Å². The van der Waals surface area contributed by atoms with E-state index >= 15 is 0 Å². The van der Waals surface area contributed by atoms with Crippen LogP contribution in [0.15, 0.2) is 18.2 Å². The summed E-state index contributed by atoms with van der Waals surface area (Å²) >= 11 is 11.6. The first-order valence-electron chi connectivity index (χ1n) is 6.04. The average Bonchev–Trinajstić information content (AvgIpc) is 2.38. The zero-order valence-electron chi connectivity index (χ0n) is 10.6. The van der Waals surface area contributed by atoms with Crippen LogP contribution in [0.4, 0.5) is 0 Å². The van der Waals surface area contributed by atoms with E-state index in [1.165, 1.54) is 6.07 Å². The fraction of sp³-hybridized carbons (Fsp3) is 0.385. The standard InChI is InChI=1S/C13H16Cl2N2O2/c1-2-3-12(18)16-6-7-17-13(19)9-4-5-10(14)11(15)8-9/h4-5,8H,2-3,6-7H2,1H3,(H,16,18)(H,17,19). The first-order chi connectivity index (χ1) is 9.04. The lowest BCUT2D eigenvalue weighted by atomic mass is 10.2. The van der Waals surface area contributed by atoms with Gasteiger partial charge < -0.3 is 10.6 Å². The van der Waals surface area contributed by atoms with E-state index in [1.54, 1.807) is 12.1 Å². The smallest absolute Gasteiger partial charge is 0.251 e. The quantitative estimate of drug-likeness (QED) is 0.794. The molecule has 0 aliphatic heterocycles. The van der Waals surface area contributed by atoms with Crippen LogP contribution in [0.25, 0.3) is 0 Å². The van der Waals surface area contributed by atoms with Crippen LogP contribution in [-0.2, 0) is 4.79 Å². The molecule has 0 bridgehead atoms. The van der Waals surface area contributed by atoms with Gasteiger partial charge in [-0.05, 0) is 24.6 Å². The van der Waals surface area contributed by atoms with Gasteiger partial charge >= 0.3 is 0 Å². The van der Waals surface area contributed by atoms with Gasteiger partial charge in [-0.1, -0.05) is 30.1 Å². The van der Waals surface area contributed by atoms with Crippen LogP contribution in [-0.4, -0.2) is 24.9 Å².